The molecular weight excluding hydrogens is 342 g/mol. The van der Waals surface area contributed by atoms with Gasteiger partial charge in [-0.15, -0.1) is 0 Å². The van der Waals surface area contributed by atoms with Crippen molar-refractivity contribution >= 4 is 17.0 Å². The van der Waals surface area contributed by atoms with Crippen molar-refractivity contribution in [1.29, 1.82) is 0 Å². The Hall–Kier alpha value is -1.85. The topological polar surface area (TPSA) is 146 Å². The van der Waals surface area contributed by atoms with E-state index in [2.05, 4.69) is 20.3 Å². The molecule has 2 fully saturated rings. The number of imidazole rings is 1. The highest BCUT2D eigenvalue weighted by Gasteiger charge is 2.44. The standard InChI is InChI=1S/C16H23N5O5/c22-5-10-12(24)13(25)16(26-10)21-7-19-11-14(17-6-18-15(11)21)20-8-3-1-2-4-9(8)23/h6-10,12-13,16,22-25H,1-5H2,(H,17,18,20)/t8-,9+,10+,12+,13+,16+/m0/s1. The molecule has 0 unspecified atom stereocenters. The van der Waals surface area contributed by atoms with Gasteiger partial charge in [0.1, 0.15) is 24.6 Å². The third-order valence-corrected chi connectivity index (χ3v) is 5.20. The number of ether oxygens (including phenoxy) is 1. The van der Waals surface area contributed by atoms with Gasteiger partial charge < -0.3 is 30.5 Å². The minimum Gasteiger partial charge on any atom is -0.394 e. The van der Waals surface area contributed by atoms with Gasteiger partial charge in [-0.05, 0) is 12.8 Å². The normalized spacial score (nSPS) is 35.1. The molecule has 0 radical (unpaired) electrons. The molecule has 0 amide bonds. The van der Waals surface area contributed by atoms with Gasteiger partial charge in [-0.1, -0.05) is 12.8 Å². The zero-order valence-corrected chi connectivity index (χ0v) is 14.1. The lowest BCUT2D eigenvalue weighted by Crippen LogP contribution is -2.36. The minimum atomic E-state index is -1.21. The molecular formula is C16H23N5O5. The van der Waals surface area contributed by atoms with Gasteiger partial charge in [0, 0.05) is 0 Å². The molecule has 5 N–H and O–H groups in total. The van der Waals surface area contributed by atoms with Crippen LogP contribution in [0.1, 0.15) is 31.9 Å². The van der Waals surface area contributed by atoms with Gasteiger partial charge in [-0.25, -0.2) is 15.0 Å². The molecule has 0 spiro atoms. The van der Waals surface area contributed by atoms with Gasteiger partial charge >= 0.3 is 0 Å². The Kier molecular flexibility index (Phi) is 4.76. The van der Waals surface area contributed by atoms with Crippen LogP contribution in [0, 0.1) is 0 Å². The van der Waals surface area contributed by atoms with E-state index >= 15 is 0 Å². The number of nitrogens with zero attached hydrogens (tertiary/aromatic N) is 4. The first-order valence-electron chi connectivity index (χ1n) is 8.84. The largest absolute Gasteiger partial charge is 0.394 e. The Morgan fingerprint density at radius 2 is 1.92 bits per heavy atom. The lowest BCUT2D eigenvalue weighted by Gasteiger charge is -2.28. The molecule has 1 aliphatic carbocycles. The Balaban J connectivity index is 1.63. The minimum absolute atomic E-state index is 0.0964. The zero-order chi connectivity index (χ0) is 18.3. The van der Waals surface area contributed by atoms with Crippen molar-refractivity contribution in [2.75, 3.05) is 11.9 Å². The second-order valence-corrected chi connectivity index (χ2v) is 6.88. The number of anilines is 1. The monoisotopic (exact) mass is 365 g/mol. The fraction of sp³-hybridized carbons (Fsp3) is 0.688. The van der Waals surface area contributed by atoms with Crippen molar-refractivity contribution in [2.45, 2.75) is 62.4 Å². The molecule has 10 nitrogen and oxygen atoms in total. The predicted octanol–water partition coefficient (Wildman–Crippen LogP) is -0.847. The number of nitrogens with one attached hydrogen (secondary N) is 1. The highest BCUT2D eigenvalue weighted by atomic mass is 16.6. The SMILES string of the molecule is OC[C@H]1O[C@@H](n2cnc3c(N[C@H]4CCCC[C@H]4O)ncnc32)[C@H](O)[C@@H]1O. The van der Waals surface area contributed by atoms with Crippen molar-refractivity contribution in [3.8, 4) is 0 Å². The van der Waals surface area contributed by atoms with E-state index < -0.39 is 37.3 Å². The summed E-state index contributed by atoms with van der Waals surface area (Å²) in [6.45, 7) is -0.400. The molecule has 1 saturated carbocycles. The molecule has 142 valence electrons. The van der Waals surface area contributed by atoms with E-state index in [4.69, 9.17) is 4.74 Å². The second kappa shape index (κ2) is 7.05. The van der Waals surface area contributed by atoms with Crippen molar-refractivity contribution in [1.82, 2.24) is 19.5 Å². The molecule has 0 aromatic carbocycles. The van der Waals surface area contributed by atoms with Crippen LogP contribution in [-0.4, -0.2) is 77.0 Å². The van der Waals surface area contributed by atoms with Gasteiger partial charge in [0.15, 0.2) is 23.2 Å². The van der Waals surface area contributed by atoms with E-state index in [0.29, 0.717) is 17.0 Å². The molecule has 2 aromatic heterocycles. The molecule has 1 saturated heterocycles. The van der Waals surface area contributed by atoms with E-state index in [0.717, 1.165) is 25.7 Å². The van der Waals surface area contributed by atoms with Crippen molar-refractivity contribution in [2.24, 2.45) is 0 Å². The summed E-state index contributed by atoms with van der Waals surface area (Å²) in [7, 11) is 0. The van der Waals surface area contributed by atoms with Crippen LogP contribution in [0.5, 0.6) is 0 Å². The third-order valence-electron chi connectivity index (χ3n) is 5.20. The Morgan fingerprint density at radius 3 is 2.65 bits per heavy atom. The maximum atomic E-state index is 10.2. The number of hydrogen-bond donors (Lipinski definition) is 5. The average molecular weight is 365 g/mol. The molecule has 2 aromatic rings. The molecule has 2 aliphatic rings. The molecule has 0 bridgehead atoms. The fourth-order valence-electron chi connectivity index (χ4n) is 3.71. The number of aromatic nitrogens is 4. The summed E-state index contributed by atoms with van der Waals surface area (Å²) in [5.74, 6) is 0.506. The summed E-state index contributed by atoms with van der Waals surface area (Å²) in [6.07, 6.45) is 1.87. The van der Waals surface area contributed by atoms with E-state index in [-0.39, 0.29) is 6.04 Å². The summed E-state index contributed by atoms with van der Waals surface area (Å²) in [5.41, 5.74) is 0.922. The van der Waals surface area contributed by atoms with Gasteiger partial charge in [-0.2, -0.15) is 0 Å². The maximum absolute atomic E-state index is 10.2. The van der Waals surface area contributed by atoms with E-state index in [1.807, 2.05) is 0 Å². The molecule has 4 rings (SSSR count). The van der Waals surface area contributed by atoms with E-state index in [1.54, 1.807) is 0 Å². The quantitative estimate of drug-likeness (QED) is 0.468. The number of aliphatic hydroxyl groups is 4. The van der Waals surface area contributed by atoms with Gasteiger partial charge in [0.25, 0.3) is 0 Å². The molecule has 1 aliphatic heterocycles. The first kappa shape index (κ1) is 17.6. The van der Waals surface area contributed by atoms with Crippen LogP contribution >= 0.6 is 0 Å². The molecule has 6 atom stereocenters. The average Bonchev–Trinajstić information content (AvgIpc) is 3.19. The lowest BCUT2D eigenvalue weighted by molar-refractivity contribution is -0.0511. The Labute approximate surface area is 149 Å². The van der Waals surface area contributed by atoms with Crippen LogP contribution in [0.4, 0.5) is 5.82 Å². The van der Waals surface area contributed by atoms with Crippen LogP contribution in [0.2, 0.25) is 0 Å². The van der Waals surface area contributed by atoms with E-state index in [1.165, 1.54) is 17.2 Å². The summed E-state index contributed by atoms with van der Waals surface area (Å²) < 4.78 is 7.06. The fourth-order valence-corrected chi connectivity index (χ4v) is 3.71. The first-order valence-corrected chi connectivity index (χ1v) is 8.84. The highest BCUT2D eigenvalue weighted by molar-refractivity contribution is 5.82. The van der Waals surface area contributed by atoms with Crippen LogP contribution < -0.4 is 5.32 Å². The van der Waals surface area contributed by atoms with Gasteiger partial charge in [0.05, 0.1) is 25.1 Å². The van der Waals surface area contributed by atoms with Crippen molar-refractivity contribution in [3.63, 3.8) is 0 Å². The number of rotatable bonds is 4. The summed E-state index contributed by atoms with van der Waals surface area (Å²) in [5, 5.41) is 42.9. The van der Waals surface area contributed by atoms with Gasteiger partial charge in [-0.3, -0.25) is 4.57 Å². The summed E-state index contributed by atoms with van der Waals surface area (Å²) >= 11 is 0. The smallest absolute Gasteiger partial charge is 0.167 e. The zero-order valence-electron chi connectivity index (χ0n) is 14.1. The molecule has 10 heteroatoms. The lowest BCUT2D eigenvalue weighted by atomic mass is 9.92. The van der Waals surface area contributed by atoms with Crippen LogP contribution in [0.3, 0.4) is 0 Å². The number of hydrogen-bond acceptors (Lipinski definition) is 9. The summed E-state index contributed by atoms with van der Waals surface area (Å²) in [4.78, 5) is 12.8. The molecule has 3 heterocycles. The number of fused-ring (bicyclic) bond motifs is 1. The van der Waals surface area contributed by atoms with Crippen LogP contribution in [0.15, 0.2) is 12.7 Å². The predicted molar refractivity (Wildman–Crippen MR) is 90.2 cm³/mol. The first-order chi connectivity index (χ1) is 12.6. The number of aliphatic hydroxyl groups excluding tert-OH is 4. The Morgan fingerprint density at radius 1 is 1.12 bits per heavy atom. The van der Waals surface area contributed by atoms with Crippen LogP contribution in [0.25, 0.3) is 11.2 Å². The molecule has 26 heavy (non-hydrogen) atoms. The van der Waals surface area contributed by atoms with Crippen molar-refractivity contribution in [3.05, 3.63) is 12.7 Å². The van der Waals surface area contributed by atoms with Crippen LogP contribution in [-0.2, 0) is 4.74 Å². The van der Waals surface area contributed by atoms with Gasteiger partial charge in [0.2, 0.25) is 0 Å². The van der Waals surface area contributed by atoms with E-state index in [9.17, 15) is 20.4 Å². The van der Waals surface area contributed by atoms with Crippen molar-refractivity contribution < 1.29 is 25.2 Å². The highest BCUT2D eigenvalue weighted by Crippen LogP contribution is 2.32. The maximum Gasteiger partial charge on any atom is 0.167 e. The Bertz CT molecular complexity index is 771. The second-order valence-electron chi connectivity index (χ2n) is 6.88. The summed E-state index contributed by atoms with van der Waals surface area (Å²) in [6, 6.07) is -0.0964. The third kappa shape index (κ3) is 2.93.